The molecule has 0 spiro atoms. The van der Waals surface area contributed by atoms with Crippen molar-refractivity contribution in [2.24, 2.45) is 0 Å². The molecule has 0 atom stereocenters. The van der Waals surface area contributed by atoms with Gasteiger partial charge in [0.1, 0.15) is 17.1 Å². The monoisotopic (exact) mass is 447 g/mol. The van der Waals surface area contributed by atoms with Crippen LogP contribution in [0.5, 0.6) is 11.5 Å². The van der Waals surface area contributed by atoms with E-state index >= 15 is 0 Å². The van der Waals surface area contributed by atoms with Crippen LogP contribution < -0.4 is 4.74 Å². The normalized spacial score (nSPS) is 11.1. The number of rotatable bonds is 7. The van der Waals surface area contributed by atoms with Crippen molar-refractivity contribution in [3.8, 4) is 11.5 Å². The van der Waals surface area contributed by atoms with Crippen molar-refractivity contribution in [1.82, 2.24) is 0 Å². The highest BCUT2D eigenvalue weighted by Crippen LogP contribution is 2.38. The Kier molecular flexibility index (Phi) is 6.88. The summed E-state index contributed by atoms with van der Waals surface area (Å²) in [5, 5.41) is 20.0. The Morgan fingerprint density at radius 2 is 1.90 bits per heavy atom. The van der Waals surface area contributed by atoms with Crippen molar-refractivity contribution in [2.75, 3.05) is 6.61 Å². The summed E-state index contributed by atoms with van der Waals surface area (Å²) in [4.78, 5) is 33.7. The van der Waals surface area contributed by atoms with Crippen molar-refractivity contribution in [1.29, 1.82) is 0 Å². The number of nitro benzene ring substituents is 1. The van der Waals surface area contributed by atoms with E-state index < -0.39 is 51.3 Å². The summed E-state index contributed by atoms with van der Waals surface area (Å²) in [7, 11) is 0. The summed E-state index contributed by atoms with van der Waals surface area (Å²) in [5.74, 6) is -3.01. The van der Waals surface area contributed by atoms with E-state index in [4.69, 9.17) is 26.2 Å². The first-order valence-corrected chi connectivity index (χ1v) is 8.56. The Labute approximate surface area is 171 Å². The molecular weight excluding hydrogens is 435 g/mol. The summed E-state index contributed by atoms with van der Waals surface area (Å²) in [5.41, 5.74) is -2.74. The Morgan fingerprint density at radius 1 is 1.23 bits per heavy atom. The predicted molar refractivity (Wildman–Crippen MR) is 96.9 cm³/mol. The van der Waals surface area contributed by atoms with Crippen LogP contribution in [0.3, 0.4) is 0 Å². The number of halogens is 4. The number of nitrogens with zero attached hydrogens (tertiary/aromatic N) is 1. The molecule has 0 aromatic heterocycles. The van der Waals surface area contributed by atoms with Gasteiger partial charge in [0.15, 0.2) is 0 Å². The van der Waals surface area contributed by atoms with Crippen LogP contribution in [-0.4, -0.2) is 28.6 Å². The lowest BCUT2D eigenvalue weighted by molar-refractivity contribution is -0.385. The van der Waals surface area contributed by atoms with Crippen molar-refractivity contribution in [3.05, 3.63) is 62.2 Å². The molecule has 12 heteroatoms. The molecule has 2 aromatic rings. The van der Waals surface area contributed by atoms with Crippen LogP contribution in [0.4, 0.5) is 18.9 Å². The molecule has 0 bridgehead atoms. The average molecular weight is 448 g/mol. The van der Waals surface area contributed by atoms with Gasteiger partial charge in [0.05, 0.1) is 28.5 Å². The smallest absolute Gasteiger partial charge is 0.416 e. The Bertz CT molecular complexity index is 1010. The molecule has 1 N–H and O–H groups in total. The minimum Gasteiger partial charge on any atom is -0.481 e. The number of carbonyl (C=O) groups excluding carboxylic acids is 1. The Balaban J connectivity index is 2.57. The zero-order valence-electron chi connectivity index (χ0n) is 15.2. The second-order valence-electron chi connectivity index (χ2n) is 5.77. The molecule has 30 heavy (non-hydrogen) atoms. The third kappa shape index (κ3) is 5.38. The summed E-state index contributed by atoms with van der Waals surface area (Å²) >= 11 is 5.82. The first kappa shape index (κ1) is 22.9. The quantitative estimate of drug-likeness (QED) is 0.366. The van der Waals surface area contributed by atoms with Gasteiger partial charge in [-0.2, -0.15) is 13.2 Å². The Morgan fingerprint density at radius 3 is 2.40 bits per heavy atom. The van der Waals surface area contributed by atoms with E-state index in [0.29, 0.717) is 12.1 Å². The SMILES string of the molecule is CCOC(=O)c1cc(Oc2ccc(C(F)(F)F)cc2Cl)cc(CC(=O)O)c1[N+](=O)[O-]. The summed E-state index contributed by atoms with van der Waals surface area (Å²) in [6, 6.07) is 4.16. The second kappa shape index (κ2) is 8.99. The first-order valence-electron chi connectivity index (χ1n) is 8.18. The van der Waals surface area contributed by atoms with Crippen LogP contribution in [0.15, 0.2) is 30.3 Å². The van der Waals surface area contributed by atoms with E-state index in [1.54, 1.807) is 0 Å². The number of aliphatic carboxylic acids is 1. The van der Waals surface area contributed by atoms with Crippen molar-refractivity contribution in [2.45, 2.75) is 19.5 Å². The van der Waals surface area contributed by atoms with E-state index in [-0.39, 0.29) is 23.7 Å². The van der Waals surface area contributed by atoms with Gasteiger partial charge in [-0.3, -0.25) is 14.9 Å². The molecule has 0 unspecified atom stereocenters. The zero-order valence-corrected chi connectivity index (χ0v) is 15.9. The summed E-state index contributed by atoms with van der Waals surface area (Å²) in [6.07, 6.45) is -5.46. The van der Waals surface area contributed by atoms with Crippen molar-refractivity contribution >= 4 is 29.2 Å². The number of esters is 1. The highest BCUT2D eigenvalue weighted by molar-refractivity contribution is 6.32. The molecule has 0 fully saturated rings. The molecule has 0 aliphatic carbocycles. The molecule has 160 valence electrons. The lowest BCUT2D eigenvalue weighted by Gasteiger charge is -2.13. The summed E-state index contributed by atoms with van der Waals surface area (Å²) in [6.45, 7) is 1.35. The molecule has 0 saturated heterocycles. The van der Waals surface area contributed by atoms with Crippen LogP contribution in [0.2, 0.25) is 5.02 Å². The van der Waals surface area contributed by atoms with Gasteiger partial charge in [0.2, 0.25) is 0 Å². The molecule has 0 radical (unpaired) electrons. The average Bonchev–Trinajstić information content (AvgIpc) is 2.61. The van der Waals surface area contributed by atoms with Crippen LogP contribution in [-0.2, 0) is 22.1 Å². The highest BCUT2D eigenvalue weighted by Gasteiger charge is 2.32. The Hall–Kier alpha value is -3.34. The maximum Gasteiger partial charge on any atom is 0.416 e. The standard InChI is InChI=1S/C18H13ClF3NO7/c1-2-29-17(26)12-8-11(5-9(6-15(24)25)16(12)23(27)28)30-14-4-3-10(7-13(14)19)18(20,21)22/h3-5,7-8H,2,6H2,1H3,(H,24,25). The zero-order chi connectivity index (χ0) is 22.6. The highest BCUT2D eigenvalue weighted by atomic mass is 35.5. The van der Waals surface area contributed by atoms with E-state index in [9.17, 15) is 32.9 Å². The number of carboxylic acids is 1. The molecular formula is C18H13ClF3NO7. The number of hydrogen-bond acceptors (Lipinski definition) is 6. The first-order chi connectivity index (χ1) is 13.9. The fourth-order valence-corrected chi connectivity index (χ4v) is 2.71. The van der Waals surface area contributed by atoms with Gasteiger partial charge in [-0.1, -0.05) is 11.6 Å². The topological polar surface area (TPSA) is 116 Å². The second-order valence-corrected chi connectivity index (χ2v) is 6.18. The van der Waals surface area contributed by atoms with E-state index in [1.165, 1.54) is 6.92 Å². The molecule has 2 aromatic carbocycles. The van der Waals surface area contributed by atoms with Gasteiger partial charge in [0, 0.05) is 11.6 Å². The number of hydrogen-bond donors (Lipinski definition) is 1. The predicted octanol–water partition coefficient (Wildman–Crippen LogP) is 4.86. The van der Waals surface area contributed by atoms with E-state index in [2.05, 4.69) is 0 Å². The van der Waals surface area contributed by atoms with Gasteiger partial charge >= 0.3 is 18.1 Å². The fourth-order valence-electron chi connectivity index (χ4n) is 2.49. The number of carbonyl (C=O) groups is 2. The largest absolute Gasteiger partial charge is 0.481 e. The third-order valence-electron chi connectivity index (χ3n) is 3.67. The minimum atomic E-state index is -4.64. The van der Waals surface area contributed by atoms with Crippen LogP contribution >= 0.6 is 11.6 Å². The molecule has 2 rings (SSSR count). The maximum atomic E-state index is 12.8. The van der Waals surface area contributed by atoms with Gasteiger partial charge < -0.3 is 14.6 Å². The van der Waals surface area contributed by atoms with Gasteiger partial charge in [-0.25, -0.2) is 4.79 Å². The van der Waals surface area contributed by atoms with Crippen molar-refractivity contribution < 1.29 is 42.3 Å². The number of nitro groups is 1. The minimum absolute atomic E-state index is 0.111. The number of alkyl halides is 3. The van der Waals surface area contributed by atoms with Crippen molar-refractivity contribution in [3.63, 3.8) is 0 Å². The summed E-state index contributed by atoms with van der Waals surface area (Å²) < 4.78 is 48.4. The van der Waals surface area contributed by atoms with Crippen LogP contribution in [0, 0.1) is 10.1 Å². The number of carboxylic acid groups (broad SMARTS) is 1. The van der Waals surface area contributed by atoms with Crippen LogP contribution in [0.25, 0.3) is 0 Å². The molecule has 0 amide bonds. The van der Waals surface area contributed by atoms with E-state index in [0.717, 1.165) is 18.2 Å². The number of benzene rings is 2. The molecule has 0 aliphatic rings. The van der Waals surface area contributed by atoms with Gasteiger partial charge in [-0.05, 0) is 31.2 Å². The molecule has 0 saturated carbocycles. The molecule has 8 nitrogen and oxygen atoms in total. The fraction of sp³-hybridized carbons (Fsp3) is 0.222. The maximum absolute atomic E-state index is 12.8. The lowest BCUT2D eigenvalue weighted by atomic mass is 10.0. The number of ether oxygens (including phenoxy) is 2. The van der Waals surface area contributed by atoms with Gasteiger partial charge in [-0.15, -0.1) is 0 Å². The third-order valence-corrected chi connectivity index (χ3v) is 3.96. The van der Waals surface area contributed by atoms with Crippen LogP contribution in [0.1, 0.15) is 28.4 Å². The molecule has 0 heterocycles. The van der Waals surface area contributed by atoms with Gasteiger partial charge in [0.25, 0.3) is 5.69 Å². The van der Waals surface area contributed by atoms with E-state index in [1.807, 2.05) is 0 Å². The lowest BCUT2D eigenvalue weighted by Crippen LogP contribution is -2.12. The molecule has 0 aliphatic heterocycles.